The molecule has 9 heteroatoms. The maximum atomic E-state index is 12.1. The van der Waals surface area contributed by atoms with Gasteiger partial charge >= 0.3 is 12.3 Å². The second-order valence-electron chi connectivity index (χ2n) is 3.16. The number of nitrogen functional groups attached to an aromatic ring is 1. The molecule has 0 bridgehead atoms. The summed E-state index contributed by atoms with van der Waals surface area (Å²) in [5, 5.41) is 17.7. The predicted octanol–water partition coefficient (Wildman–Crippen LogP) is 1.94. The highest BCUT2D eigenvalue weighted by atomic mass is 35.5. The third-order valence-electron chi connectivity index (χ3n) is 1.93. The van der Waals surface area contributed by atoms with Crippen LogP contribution in [0.25, 0.3) is 0 Å². The predicted molar refractivity (Wildman–Crippen MR) is 55.1 cm³/mol. The monoisotopic (exact) mass is 285 g/mol. The van der Waals surface area contributed by atoms with E-state index in [1.165, 1.54) is 0 Å². The quantitative estimate of drug-likeness (QED) is 0.738. The molecule has 0 aromatic heterocycles. The fraction of sp³-hybridized carbons (Fsp3) is 0.222. The molecule has 0 heterocycles. The summed E-state index contributed by atoms with van der Waals surface area (Å²) in [5.41, 5.74) is 4.10. The molecule has 0 aliphatic rings. The van der Waals surface area contributed by atoms with Gasteiger partial charge in [-0.05, 0) is 12.1 Å². The Morgan fingerprint density at radius 3 is 2.44 bits per heavy atom. The molecule has 0 radical (unpaired) electrons. The third-order valence-corrected chi connectivity index (χ3v) is 2.26. The first-order chi connectivity index (χ1) is 8.13. The Bertz CT molecular complexity index is 478. The Balaban J connectivity index is 3.34. The summed E-state index contributed by atoms with van der Waals surface area (Å²) < 4.78 is 39.9. The van der Waals surface area contributed by atoms with Crippen molar-refractivity contribution in [1.82, 2.24) is 0 Å². The molecule has 1 aromatic carbocycles. The number of rotatable bonds is 3. The van der Waals surface area contributed by atoms with Crippen LogP contribution in [0.15, 0.2) is 12.1 Å². The van der Waals surface area contributed by atoms with Gasteiger partial charge in [0.05, 0.1) is 16.3 Å². The number of benzene rings is 1. The zero-order chi connectivity index (χ0) is 14.1. The van der Waals surface area contributed by atoms with Crippen LogP contribution >= 0.6 is 11.6 Å². The lowest BCUT2D eigenvalue weighted by Gasteiger charge is -2.17. The summed E-state index contributed by atoms with van der Waals surface area (Å²) in [4.78, 5) is 10.6. The van der Waals surface area contributed by atoms with Crippen molar-refractivity contribution in [2.75, 3.05) is 5.73 Å². The first-order valence-electron chi connectivity index (χ1n) is 4.38. The number of nitrogens with two attached hydrogens (primary N) is 1. The molecule has 1 atom stereocenters. The van der Waals surface area contributed by atoms with Crippen LogP contribution in [0.5, 0.6) is 5.75 Å². The second kappa shape index (κ2) is 4.91. The Morgan fingerprint density at radius 2 is 2.00 bits per heavy atom. The topological polar surface area (TPSA) is 92.8 Å². The van der Waals surface area contributed by atoms with Gasteiger partial charge in [0, 0.05) is 0 Å². The van der Waals surface area contributed by atoms with Gasteiger partial charge in [0.1, 0.15) is 5.75 Å². The van der Waals surface area contributed by atoms with Gasteiger partial charge < -0.3 is 20.7 Å². The van der Waals surface area contributed by atoms with E-state index in [0.29, 0.717) is 0 Å². The van der Waals surface area contributed by atoms with Crippen molar-refractivity contribution in [2.24, 2.45) is 0 Å². The largest absolute Gasteiger partial charge is 0.573 e. The first-order valence-corrected chi connectivity index (χ1v) is 4.75. The van der Waals surface area contributed by atoms with Gasteiger partial charge in [-0.15, -0.1) is 13.2 Å². The molecule has 4 N–H and O–H groups in total. The van der Waals surface area contributed by atoms with Gasteiger partial charge in [-0.3, -0.25) is 0 Å². The molecule has 0 spiro atoms. The van der Waals surface area contributed by atoms with Crippen molar-refractivity contribution < 1.29 is 32.9 Å². The number of aliphatic hydroxyl groups is 1. The lowest BCUT2D eigenvalue weighted by atomic mass is 10.1. The van der Waals surface area contributed by atoms with Crippen LogP contribution in [0, 0.1) is 0 Å². The maximum Gasteiger partial charge on any atom is 0.573 e. The van der Waals surface area contributed by atoms with Gasteiger partial charge in [-0.1, -0.05) is 11.6 Å². The zero-order valence-corrected chi connectivity index (χ0v) is 9.29. The molecular formula is C9H7ClF3NO4. The molecule has 0 aliphatic heterocycles. The van der Waals surface area contributed by atoms with Gasteiger partial charge in [0.2, 0.25) is 0 Å². The number of hydrogen-bond donors (Lipinski definition) is 3. The van der Waals surface area contributed by atoms with Crippen LogP contribution in [-0.2, 0) is 4.79 Å². The van der Waals surface area contributed by atoms with Crippen molar-refractivity contribution in [2.45, 2.75) is 12.5 Å². The fourth-order valence-electron chi connectivity index (χ4n) is 1.21. The van der Waals surface area contributed by atoms with Gasteiger partial charge in [0.25, 0.3) is 0 Å². The second-order valence-corrected chi connectivity index (χ2v) is 3.57. The average molecular weight is 286 g/mol. The molecule has 100 valence electrons. The van der Waals surface area contributed by atoms with Crippen molar-refractivity contribution >= 4 is 23.3 Å². The van der Waals surface area contributed by atoms with Crippen LogP contribution in [0.3, 0.4) is 0 Å². The lowest BCUT2D eigenvalue weighted by molar-refractivity contribution is -0.275. The van der Waals surface area contributed by atoms with Crippen molar-refractivity contribution in [3.8, 4) is 5.75 Å². The molecular weight excluding hydrogens is 279 g/mol. The molecule has 5 nitrogen and oxygen atoms in total. The smallest absolute Gasteiger partial charge is 0.479 e. The zero-order valence-electron chi connectivity index (χ0n) is 8.53. The van der Waals surface area contributed by atoms with Crippen molar-refractivity contribution in [3.63, 3.8) is 0 Å². The average Bonchev–Trinajstić information content (AvgIpc) is 2.21. The van der Waals surface area contributed by atoms with E-state index in [-0.39, 0.29) is 5.02 Å². The number of carbonyl (C=O) groups is 1. The molecule has 0 aliphatic carbocycles. The molecule has 0 fully saturated rings. The van der Waals surface area contributed by atoms with Crippen LogP contribution in [0.1, 0.15) is 11.7 Å². The number of aliphatic hydroxyl groups excluding tert-OH is 1. The number of carboxylic acid groups (broad SMARTS) is 1. The Hall–Kier alpha value is -1.67. The summed E-state index contributed by atoms with van der Waals surface area (Å²) in [7, 11) is 0. The highest BCUT2D eigenvalue weighted by Crippen LogP contribution is 2.38. The molecule has 1 unspecified atom stereocenters. The van der Waals surface area contributed by atoms with Gasteiger partial charge in [-0.2, -0.15) is 0 Å². The minimum Gasteiger partial charge on any atom is -0.479 e. The highest BCUT2D eigenvalue weighted by molar-refractivity contribution is 6.33. The first kappa shape index (κ1) is 14.4. The molecule has 0 amide bonds. The van der Waals surface area contributed by atoms with E-state index in [4.69, 9.17) is 22.4 Å². The Labute approximate surface area is 104 Å². The van der Waals surface area contributed by atoms with Gasteiger partial charge in [0.15, 0.2) is 6.10 Å². The van der Waals surface area contributed by atoms with Crippen molar-refractivity contribution in [1.29, 1.82) is 0 Å². The summed E-state index contributed by atoms with van der Waals surface area (Å²) in [5.74, 6) is -2.70. The Kier molecular flexibility index (Phi) is 3.92. The van der Waals surface area contributed by atoms with Crippen molar-refractivity contribution in [3.05, 3.63) is 22.7 Å². The molecule has 18 heavy (non-hydrogen) atoms. The number of ether oxygens (including phenoxy) is 1. The van der Waals surface area contributed by atoms with Gasteiger partial charge in [-0.25, -0.2) is 4.79 Å². The summed E-state index contributed by atoms with van der Waals surface area (Å²) >= 11 is 5.54. The van der Waals surface area contributed by atoms with Crippen LogP contribution in [-0.4, -0.2) is 22.5 Å². The van der Waals surface area contributed by atoms with E-state index in [1.54, 1.807) is 0 Å². The molecule has 0 saturated carbocycles. The number of anilines is 1. The molecule has 1 rings (SSSR count). The number of aliphatic carboxylic acids is 1. The van der Waals surface area contributed by atoms with E-state index in [2.05, 4.69) is 4.74 Å². The van der Waals surface area contributed by atoms with E-state index >= 15 is 0 Å². The van der Waals surface area contributed by atoms with E-state index in [0.717, 1.165) is 12.1 Å². The van der Waals surface area contributed by atoms with Crippen LogP contribution in [0.4, 0.5) is 18.9 Å². The van der Waals surface area contributed by atoms with E-state index in [1.807, 2.05) is 0 Å². The number of hydrogen-bond acceptors (Lipinski definition) is 4. The summed E-state index contributed by atoms with van der Waals surface area (Å²) in [6.45, 7) is 0. The number of alkyl halides is 3. The van der Waals surface area contributed by atoms with Crippen LogP contribution < -0.4 is 10.5 Å². The SMILES string of the molecule is Nc1c(Cl)ccc(OC(F)(F)F)c1C(O)C(=O)O. The van der Waals surface area contributed by atoms with Crippen LogP contribution in [0.2, 0.25) is 5.02 Å². The maximum absolute atomic E-state index is 12.1. The minimum absolute atomic E-state index is 0.195. The number of carboxylic acids is 1. The normalized spacial score (nSPS) is 13.2. The highest BCUT2D eigenvalue weighted by Gasteiger charge is 2.35. The Morgan fingerprint density at radius 1 is 1.44 bits per heavy atom. The number of halogens is 4. The fourth-order valence-corrected chi connectivity index (χ4v) is 1.37. The summed E-state index contributed by atoms with van der Waals surface area (Å²) in [6.07, 6.45) is -7.33. The van der Waals surface area contributed by atoms with E-state index < -0.39 is 35.4 Å². The third kappa shape index (κ3) is 3.17. The van der Waals surface area contributed by atoms with E-state index in [9.17, 15) is 23.1 Å². The lowest BCUT2D eigenvalue weighted by Crippen LogP contribution is -2.21. The summed E-state index contributed by atoms with van der Waals surface area (Å²) in [6, 6.07) is 1.77. The molecule has 1 aromatic rings. The molecule has 0 saturated heterocycles. The standard InChI is InChI=1S/C9H7ClF3NO4/c10-3-1-2-4(18-9(11,12)13)5(6(3)14)7(15)8(16)17/h1-2,7,15H,14H2,(H,16,17). The minimum atomic E-state index is -5.05.